The molecule has 1 aliphatic carbocycles. The Hall–Kier alpha value is -2.51. The number of nitrogens with one attached hydrogen (secondary N) is 1. The quantitative estimate of drug-likeness (QED) is 0.469. The Morgan fingerprint density at radius 1 is 1.19 bits per heavy atom. The van der Waals surface area contributed by atoms with Crippen molar-refractivity contribution in [2.24, 2.45) is 5.92 Å². The van der Waals surface area contributed by atoms with Crippen molar-refractivity contribution in [1.29, 1.82) is 0 Å². The maximum atomic E-state index is 12.7. The van der Waals surface area contributed by atoms with Gasteiger partial charge >= 0.3 is 0 Å². The molecular weight excluding hydrogens is 444 g/mol. The lowest BCUT2D eigenvalue weighted by atomic mass is 9.86. The molecular formula is C24H27ClN4O2S. The predicted molar refractivity (Wildman–Crippen MR) is 129 cm³/mol. The number of ether oxygens (including phenoxy) is 1. The lowest BCUT2D eigenvalue weighted by Crippen LogP contribution is -2.41. The molecule has 0 unspecified atom stereocenters. The summed E-state index contributed by atoms with van der Waals surface area (Å²) in [6.07, 6.45) is 4.65. The van der Waals surface area contributed by atoms with Crippen molar-refractivity contribution in [3.8, 4) is 22.8 Å². The van der Waals surface area contributed by atoms with Crippen LogP contribution < -0.4 is 10.1 Å². The maximum Gasteiger partial charge on any atom is 0.230 e. The Morgan fingerprint density at radius 3 is 2.69 bits per heavy atom. The van der Waals surface area contributed by atoms with E-state index >= 15 is 0 Å². The number of benzene rings is 2. The predicted octanol–water partition coefficient (Wildman–Crippen LogP) is 5.38. The van der Waals surface area contributed by atoms with Gasteiger partial charge in [-0.05, 0) is 37.0 Å². The zero-order chi connectivity index (χ0) is 22.5. The monoisotopic (exact) mass is 470 g/mol. The molecule has 6 nitrogen and oxygen atoms in total. The van der Waals surface area contributed by atoms with Crippen molar-refractivity contribution in [3.05, 3.63) is 53.6 Å². The standard InChI is InChI=1S/C24H27ClN4O2S/c1-16-8-6-7-11-20(16)26-22(30)15-32-24-28-27-23(17-9-4-3-5-10-17)29(24)18-12-13-21(31-2)19(25)14-18/h3-5,9-10,12-14,16,20H,6-8,11,15H2,1-2H3,(H,26,30)/t16-,20-/m1/s1. The van der Waals surface area contributed by atoms with Gasteiger partial charge in [0.05, 0.1) is 23.6 Å². The van der Waals surface area contributed by atoms with E-state index in [1.807, 2.05) is 53.1 Å². The van der Waals surface area contributed by atoms with Crippen LogP contribution in [0.2, 0.25) is 5.02 Å². The fourth-order valence-electron chi connectivity index (χ4n) is 4.07. The zero-order valence-electron chi connectivity index (χ0n) is 18.3. The average molecular weight is 471 g/mol. The first-order valence-electron chi connectivity index (χ1n) is 10.8. The van der Waals surface area contributed by atoms with Gasteiger partial charge in [-0.2, -0.15) is 0 Å². The molecule has 2 aromatic carbocycles. The van der Waals surface area contributed by atoms with E-state index < -0.39 is 0 Å². The highest BCUT2D eigenvalue weighted by Gasteiger charge is 2.24. The molecule has 1 aliphatic rings. The Morgan fingerprint density at radius 2 is 1.97 bits per heavy atom. The normalized spacial score (nSPS) is 18.3. The fourth-order valence-corrected chi connectivity index (χ4v) is 5.09. The van der Waals surface area contributed by atoms with Gasteiger partial charge in [0.1, 0.15) is 5.75 Å². The molecule has 0 saturated heterocycles. The molecule has 1 aromatic heterocycles. The summed E-state index contributed by atoms with van der Waals surface area (Å²) >= 11 is 7.77. The molecule has 168 valence electrons. The molecule has 0 radical (unpaired) electrons. The van der Waals surface area contributed by atoms with Crippen molar-refractivity contribution in [2.45, 2.75) is 43.8 Å². The highest BCUT2D eigenvalue weighted by molar-refractivity contribution is 7.99. The van der Waals surface area contributed by atoms with Gasteiger partial charge in [0, 0.05) is 11.6 Å². The van der Waals surface area contributed by atoms with Crippen LogP contribution in [0.25, 0.3) is 17.1 Å². The van der Waals surface area contributed by atoms with E-state index in [4.69, 9.17) is 16.3 Å². The molecule has 2 atom stereocenters. The Bertz CT molecular complexity index is 1070. The van der Waals surface area contributed by atoms with E-state index in [0.717, 1.165) is 17.7 Å². The molecule has 4 rings (SSSR count). The van der Waals surface area contributed by atoms with Crippen LogP contribution in [0.5, 0.6) is 5.75 Å². The number of aromatic nitrogens is 3. The largest absolute Gasteiger partial charge is 0.495 e. The molecule has 1 fully saturated rings. The highest BCUT2D eigenvalue weighted by Crippen LogP contribution is 2.32. The van der Waals surface area contributed by atoms with E-state index in [9.17, 15) is 4.79 Å². The second-order valence-corrected chi connectivity index (χ2v) is 9.40. The second-order valence-electron chi connectivity index (χ2n) is 8.05. The minimum absolute atomic E-state index is 0.0253. The number of halogens is 1. The minimum atomic E-state index is 0.0253. The molecule has 3 aromatic rings. The lowest BCUT2D eigenvalue weighted by Gasteiger charge is -2.29. The molecule has 0 bridgehead atoms. The summed E-state index contributed by atoms with van der Waals surface area (Å²) in [6, 6.07) is 15.7. The third-order valence-corrected chi connectivity index (χ3v) is 7.07. The van der Waals surface area contributed by atoms with Crippen molar-refractivity contribution in [3.63, 3.8) is 0 Å². The summed E-state index contributed by atoms with van der Waals surface area (Å²) < 4.78 is 7.22. The summed E-state index contributed by atoms with van der Waals surface area (Å²) in [5.74, 6) is 2.11. The summed E-state index contributed by atoms with van der Waals surface area (Å²) in [4.78, 5) is 12.7. The van der Waals surface area contributed by atoms with Crippen molar-refractivity contribution in [2.75, 3.05) is 12.9 Å². The van der Waals surface area contributed by atoms with Crippen molar-refractivity contribution >= 4 is 29.3 Å². The summed E-state index contributed by atoms with van der Waals surface area (Å²) in [5, 5.41) is 13.2. The van der Waals surface area contributed by atoms with Crippen LogP contribution in [0.4, 0.5) is 0 Å². The Balaban J connectivity index is 1.59. The number of hydrogen-bond acceptors (Lipinski definition) is 5. The summed E-state index contributed by atoms with van der Waals surface area (Å²) in [6.45, 7) is 2.22. The number of carbonyl (C=O) groups excluding carboxylic acids is 1. The van der Waals surface area contributed by atoms with Crippen molar-refractivity contribution < 1.29 is 9.53 Å². The smallest absolute Gasteiger partial charge is 0.230 e. The second kappa shape index (κ2) is 10.4. The first-order valence-corrected chi connectivity index (χ1v) is 12.2. The number of methoxy groups -OCH3 is 1. The number of thioether (sulfide) groups is 1. The van der Waals surface area contributed by atoms with E-state index in [2.05, 4.69) is 22.4 Å². The van der Waals surface area contributed by atoms with Gasteiger partial charge in [-0.3, -0.25) is 9.36 Å². The van der Waals surface area contributed by atoms with Gasteiger partial charge in [0.15, 0.2) is 11.0 Å². The lowest BCUT2D eigenvalue weighted by molar-refractivity contribution is -0.119. The summed E-state index contributed by atoms with van der Waals surface area (Å²) in [5.41, 5.74) is 1.74. The van der Waals surface area contributed by atoms with Crippen LogP contribution in [0, 0.1) is 5.92 Å². The fraction of sp³-hybridized carbons (Fsp3) is 0.375. The van der Waals surface area contributed by atoms with E-state index in [-0.39, 0.29) is 17.7 Å². The SMILES string of the molecule is COc1ccc(-n2c(SCC(=O)N[C@@H]3CCCC[C@H]3C)nnc2-c2ccccc2)cc1Cl. The molecule has 32 heavy (non-hydrogen) atoms. The van der Waals surface area contributed by atoms with Gasteiger partial charge in [-0.15, -0.1) is 10.2 Å². The van der Waals surface area contributed by atoms with Crippen LogP contribution in [-0.2, 0) is 4.79 Å². The molecule has 1 N–H and O–H groups in total. The van der Waals surface area contributed by atoms with Crippen LogP contribution in [0.15, 0.2) is 53.7 Å². The topological polar surface area (TPSA) is 69.0 Å². The van der Waals surface area contributed by atoms with Gasteiger partial charge in [-0.25, -0.2) is 0 Å². The molecule has 0 spiro atoms. The van der Waals surface area contributed by atoms with Crippen LogP contribution in [0.1, 0.15) is 32.6 Å². The van der Waals surface area contributed by atoms with Crippen LogP contribution in [0.3, 0.4) is 0 Å². The number of nitrogens with zero attached hydrogens (tertiary/aromatic N) is 3. The zero-order valence-corrected chi connectivity index (χ0v) is 19.8. The number of amides is 1. The molecule has 0 aliphatic heterocycles. The maximum absolute atomic E-state index is 12.7. The van der Waals surface area contributed by atoms with Gasteiger partial charge < -0.3 is 10.1 Å². The van der Waals surface area contributed by atoms with E-state index in [1.165, 1.54) is 31.0 Å². The average Bonchev–Trinajstić information content (AvgIpc) is 3.24. The third kappa shape index (κ3) is 5.10. The van der Waals surface area contributed by atoms with Crippen molar-refractivity contribution in [1.82, 2.24) is 20.1 Å². The van der Waals surface area contributed by atoms with Gasteiger partial charge in [0.25, 0.3) is 0 Å². The first kappa shape index (κ1) is 22.7. The molecule has 1 heterocycles. The Labute approximate surface area is 197 Å². The van der Waals surface area contributed by atoms with Crippen LogP contribution >= 0.6 is 23.4 Å². The third-order valence-electron chi connectivity index (χ3n) is 5.85. The molecule has 1 saturated carbocycles. The number of carbonyl (C=O) groups is 1. The molecule has 8 heteroatoms. The minimum Gasteiger partial charge on any atom is -0.495 e. The highest BCUT2D eigenvalue weighted by atomic mass is 35.5. The Kier molecular flexibility index (Phi) is 7.37. The first-order chi connectivity index (χ1) is 15.6. The van der Waals surface area contributed by atoms with E-state index in [1.54, 1.807) is 7.11 Å². The number of hydrogen-bond donors (Lipinski definition) is 1. The van der Waals surface area contributed by atoms with E-state index in [0.29, 0.717) is 27.7 Å². The summed E-state index contributed by atoms with van der Waals surface area (Å²) in [7, 11) is 1.59. The molecule has 1 amide bonds. The van der Waals surface area contributed by atoms with Gasteiger partial charge in [-0.1, -0.05) is 73.5 Å². The van der Waals surface area contributed by atoms with Gasteiger partial charge in [0.2, 0.25) is 5.91 Å². The van der Waals surface area contributed by atoms with Crippen LogP contribution in [-0.4, -0.2) is 39.6 Å². The number of rotatable bonds is 7.